The van der Waals surface area contributed by atoms with Gasteiger partial charge in [0.05, 0.1) is 45.5 Å². The van der Waals surface area contributed by atoms with Gasteiger partial charge in [0.25, 0.3) is 10.0 Å². The van der Waals surface area contributed by atoms with E-state index in [-0.39, 0.29) is 16.5 Å². The first-order valence-electron chi connectivity index (χ1n) is 10.1. The molecule has 4 aromatic rings. The van der Waals surface area contributed by atoms with Gasteiger partial charge in [-0.1, -0.05) is 35.3 Å². The Labute approximate surface area is 207 Å². The van der Waals surface area contributed by atoms with Gasteiger partial charge >= 0.3 is 5.97 Å². The topological polar surface area (TPSA) is 81.5 Å². The third kappa shape index (κ3) is 4.79. The number of rotatable bonds is 7. The molecule has 0 unspecified atom stereocenters. The second-order valence-corrected chi connectivity index (χ2v) is 9.86. The molecule has 0 saturated heterocycles. The van der Waals surface area contributed by atoms with Gasteiger partial charge in [-0.25, -0.2) is 17.9 Å². The summed E-state index contributed by atoms with van der Waals surface area (Å²) in [5.41, 5.74) is 1.89. The molecule has 7 nitrogen and oxygen atoms in total. The molecule has 0 atom stereocenters. The van der Waals surface area contributed by atoms with E-state index >= 15 is 0 Å². The van der Waals surface area contributed by atoms with E-state index in [1.807, 2.05) is 0 Å². The maximum Gasteiger partial charge on any atom is 0.337 e. The molecule has 3 aromatic carbocycles. The van der Waals surface area contributed by atoms with Crippen molar-refractivity contribution in [1.82, 2.24) is 9.78 Å². The number of benzene rings is 3. The summed E-state index contributed by atoms with van der Waals surface area (Å²) in [7, 11) is -2.74. The molecule has 4 rings (SSSR count). The lowest BCUT2D eigenvalue weighted by Crippen LogP contribution is -2.30. The zero-order valence-corrected chi connectivity index (χ0v) is 20.3. The Kier molecular flexibility index (Phi) is 6.92. The molecule has 34 heavy (non-hydrogen) atoms. The molecule has 0 amide bonds. The number of methoxy groups -OCH3 is 1. The molecule has 174 valence electrons. The van der Waals surface area contributed by atoms with Crippen LogP contribution in [0.15, 0.2) is 90.1 Å². The number of sulfonamides is 1. The predicted octanol–water partition coefficient (Wildman–Crippen LogP) is 5.36. The average molecular weight is 516 g/mol. The van der Waals surface area contributed by atoms with Crippen LogP contribution in [0.5, 0.6) is 0 Å². The first kappa shape index (κ1) is 23.8. The van der Waals surface area contributed by atoms with E-state index in [1.165, 1.54) is 35.7 Å². The van der Waals surface area contributed by atoms with Crippen molar-refractivity contribution >= 4 is 44.9 Å². The lowest BCUT2D eigenvalue weighted by atomic mass is 10.2. The molecule has 0 N–H and O–H groups in total. The monoisotopic (exact) mass is 515 g/mol. The minimum atomic E-state index is -4.02. The van der Waals surface area contributed by atoms with E-state index in [0.717, 1.165) is 5.69 Å². The molecule has 0 aliphatic heterocycles. The minimum absolute atomic E-state index is 0.0692. The smallest absolute Gasteiger partial charge is 0.337 e. The molecule has 0 bridgehead atoms. The molecular formula is C24H19Cl2N3O4S. The summed E-state index contributed by atoms with van der Waals surface area (Å²) >= 11 is 12.5. The number of carbonyl (C=O) groups is 1. The van der Waals surface area contributed by atoms with Gasteiger partial charge in [0.15, 0.2) is 0 Å². The Morgan fingerprint density at radius 1 is 1.00 bits per heavy atom. The number of carbonyl (C=O) groups excluding carboxylic acids is 1. The van der Waals surface area contributed by atoms with Crippen molar-refractivity contribution in [2.24, 2.45) is 0 Å². The van der Waals surface area contributed by atoms with Gasteiger partial charge in [0.1, 0.15) is 0 Å². The zero-order valence-electron chi connectivity index (χ0n) is 17.9. The normalized spacial score (nSPS) is 11.3. The molecule has 0 spiro atoms. The van der Waals surface area contributed by atoms with Gasteiger partial charge in [-0.3, -0.25) is 4.31 Å². The van der Waals surface area contributed by atoms with Crippen LogP contribution in [0.4, 0.5) is 5.69 Å². The Balaban J connectivity index is 1.76. The highest BCUT2D eigenvalue weighted by Gasteiger charge is 2.26. The molecule has 0 aliphatic rings. The summed E-state index contributed by atoms with van der Waals surface area (Å²) in [5.74, 6) is -0.520. The number of aromatic nitrogens is 2. The van der Waals surface area contributed by atoms with Crippen LogP contribution < -0.4 is 4.31 Å². The van der Waals surface area contributed by atoms with Crippen molar-refractivity contribution < 1.29 is 17.9 Å². The Morgan fingerprint density at radius 3 is 2.32 bits per heavy atom. The van der Waals surface area contributed by atoms with Crippen LogP contribution >= 0.6 is 23.2 Å². The fourth-order valence-corrected chi connectivity index (χ4v) is 5.16. The number of ether oxygens (including phenoxy) is 1. The lowest BCUT2D eigenvalue weighted by molar-refractivity contribution is 0.0600. The summed E-state index contributed by atoms with van der Waals surface area (Å²) in [6, 6.07) is 19.3. The number of hydrogen-bond donors (Lipinski definition) is 0. The van der Waals surface area contributed by atoms with E-state index < -0.39 is 16.0 Å². The third-order valence-electron chi connectivity index (χ3n) is 5.12. The SMILES string of the molecule is COC(=O)c1ccc(N(Cc2cccc(Cl)c2Cl)S(=O)(=O)c2ccc(-n3cccn3)cc2)cc1. The highest BCUT2D eigenvalue weighted by atomic mass is 35.5. The summed E-state index contributed by atoms with van der Waals surface area (Å²) in [6.45, 7) is -0.0692. The maximum atomic E-state index is 13.7. The second-order valence-electron chi connectivity index (χ2n) is 7.21. The van der Waals surface area contributed by atoms with Crippen molar-refractivity contribution in [3.05, 3.63) is 106 Å². The third-order valence-corrected chi connectivity index (χ3v) is 7.76. The lowest BCUT2D eigenvalue weighted by Gasteiger charge is -2.25. The van der Waals surface area contributed by atoms with Crippen molar-refractivity contribution in [1.29, 1.82) is 0 Å². The highest BCUT2D eigenvalue weighted by molar-refractivity contribution is 7.92. The van der Waals surface area contributed by atoms with E-state index in [4.69, 9.17) is 27.9 Å². The van der Waals surface area contributed by atoms with Gasteiger partial charge in [-0.2, -0.15) is 5.10 Å². The summed E-state index contributed by atoms with van der Waals surface area (Å²) < 4.78 is 35.1. The molecule has 0 aliphatic carbocycles. The van der Waals surface area contributed by atoms with E-state index in [0.29, 0.717) is 21.8 Å². The van der Waals surface area contributed by atoms with Crippen LogP contribution in [0.25, 0.3) is 5.69 Å². The van der Waals surface area contributed by atoms with Gasteiger partial charge < -0.3 is 4.74 Å². The van der Waals surface area contributed by atoms with Crippen LogP contribution in [0, 0.1) is 0 Å². The Hall–Kier alpha value is -3.33. The standard InChI is InChI=1S/C24H19Cl2N3O4S/c1-33-24(30)17-6-8-20(9-7-17)29(16-18-4-2-5-22(25)23(18)26)34(31,32)21-12-10-19(11-13-21)28-15-3-14-27-28/h2-15H,16H2,1H3. The van der Waals surface area contributed by atoms with Gasteiger partial charge in [-0.15, -0.1) is 0 Å². The van der Waals surface area contributed by atoms with Crippen molar-refractivity contribution in [2.75, 3.05) is 11.4 Å². The quantitative estimate of drug-likeness (QED) is 0.309. The van der Waals surface area contributed by atoms with Crippen LogP contribution in [0.1, 0.15) is 15.9 Å². The molecule has 0 saturated carbocycles. The van der Waals surface area contributed by atoms with Crippen LogP contribution in [0.2, 0.25) is 10.0 Å². The largest absolute Gasteiger partial charge is 0.465 e. The number of esters is 1. The first-order valence-corrected chi connectivity index (χ1v) is 12.2. The molecule has 1 aromatic heterocycles. The molecule has 0 fully saturated rings. The van der Waals surface area contributed by atoms with E-state index in [9.17, 15) is 13.2 Å². The number of anilines is 1. The summed E-state index contributed by atoms with van der Waals surface area (Å²) in [4.78, 5) is 11.9. The van der Waals surface area contributed by atoms with Gasteiger partial charge in [0, 0.05) is 12.4 Å². The minimum Gasteiger partial charge on any atom is -0.465 e. The van der Waals surface area contributed by atoms with Crippen molar-refractivity contribution in [3.8, 4) is 5.69 Å². The fourth-order valence-electron chi connectivity index (χ4n) is 3.34. The van der Waals surface area contributed by atoms with Crippen LogP contribution in [0.3, 0.4) is 0 Å². The summed E-state index contributed by atoms with van der Waals surface area (Å²) in [6.07, 6.45) is 3.40. The summed E-state index contributed by atoms with van der Waals surface area (Å²) in [5, 5.41) is 4.74. The molecular weight excluding hydrogens is 497 g/mol. The number of nitrogens with zero attached hydrogens (tertiary/aromatic N) is 3. The van der Waals surface area contributed by atoms with Crippen molar-refractivity contribution in [2.45, 2.75) is 11.4 Å². The Morgan fingerprint density at radius 2 is 1.71 bits per heavy atom. The van der Waals surface area contributed by atoms with Gasteiger partial charge in [0.2, 0.25) is 0 Å². The van der Waals surface area contributed by atoms with Crippen molar-refractivity contribution in [3.63, 3.8) is 0 Å². The molecule has 1 heterocycles. The first-order chi connectivity index (χ1) is 16.3. The second kappa shape index (κ2) is 9.89. The predicted molar refractivity (Wildman–Crippen MR) is 131 cm³/mol. The number of halogens is 2. The van der Waals surface area contributed by atoms with E-state index in [2.05, 4.69) is 5.10 Å². The van der Waals surface area contributed by atoms with Gasteiger partial charge in [-0.05, 0) is 66.2 Å². The van der Waals surface area contributed by atoms with Crippen LogP contribution in [-0.2, 0) is 21.3 Å². The molecule has 0 radical (unpaired) electrons. The van der Waals surface area contributed by atoms with Crippen LogP contribution in [-0.4, -0.2) is 31.3 Å². The average Bonchev–Trinajstić information content (AvgIpc) is 3.40. The fraction of sp³-hybridized carbons (Fsp3) is 0.0833. The highest BCUT2D eigenvalue weighted by Crippen LogP contribution is 2.31. The maximum absolute atomic E-state index is 13.7. The van der Waals surface area contributed by atoms with E-state index in [1.54, 1.807) is 65.6 Å². The zero-order chi connectivity index (χ0) is 24.3. The Bertz CT molecular complexity index is 1410. The molecule has 10 heteroatoms. The number of hydrogen-bond acceptors (Lipinski definition) is 5.